The van der Waals surface area contributed by atoms with E-state index in [9.17, 15) is 14.3 Å². The molecule has 0 radical (unpaired) electrons. The van der Waals surface area contributed by atoms with Crippen LogP contribution in [0.5, 0.6) is 0 Å². The van der Waals surface area contributed by atoms with Crippen molar-refractivity contribution in [2.75, 3.05) is 0 Å². The van der Waals surface area contributed by atoms with E-state index in [1.54, 1.807) is 0 Å². The first-order valence-electron chi connectivity index (χ1n) is 5.23. The normalized spacial score (nSPS) is 19.9. The van der Waals surface area contributed by atoms with Crippen LogP contribution >= 0.6 is 0 Å². The molecule has 0 saturated heterocycles. The Labute approximate surface area is 92.5 Å². The molecule has 86 valence electrons. The van der Waals surface area contributed by atoms with Crippen LogP contribution in [0.25, 0.3) is 0 Å². The van der Waals surface area contributed by atoms with Gasteiger partial charge in [-0.15, -0.1) is 0 Å². The first-order valence-corrected chi connectivity index (χ1v) is 5.23. The minimum Gasteiger partial charge on any atom is -0.481 e. The predicted octanol–water partition coefficient (Wildman–Crippen LogP) is 2.11. The monoisotopic (exact) mass is 224 g/mol. The van der Waals surface area contributed by atoms with Crippen molar-refractivity contribution in [3.05, 3.63) is 35.6 Å². The average molecular weight is 224 g/mol. The van der Waals surface area contributed by atoms with Crippen molar-refractivity contribution in [3.63, 3.8) is 0 Å². The molecule has 4 heteroatoms. The van der Waals surface area contributed by atoms with Crippen molar-refractivity contribution < 1.29 is 19.4 Å². The van der Waals surface area contributed by atoms with Crippen molar-refractivity contribution in [2.45, 2.75) is 25.4 Å². The predicted molar refractivity (Wildman–Crippen MR) is 55.3 cm³/mol. The van der Waals surface area contributed by atoms with Gasteiger partial charge in [0.15, 0.2) is 0 Å². The fourth-order valence-electron chi connectivity index (χ4n) is 2.13. The molecule has 0 bridgehead atoms. The summed E-state index contributed by atoms with van der Waals surface area (Å²) in [4.78, 5) is 11.2. The van der Waals surface area contributed by atoms with E-state index in [1.165, 1.54) is 24.3 Å². The van der Waals surface area contributed by atoms with E-state index in [2.05, 4.69) is 0 Å². The van der Waals surface area contributed by atoms with Gasteiger partial charge in [-0.25, -0.2) is 4.39 Å². The molecule has 1 atom stereocenters. The highest BCUT2D eigenvalue weighted by atomic mass is 19.1. The largest absolute Gasteiger partial charge is 0.481 e. The molecule has 1 aromatic carbocycles. The van der Waals surface area contributed by atoms with Crippen LogP contribution in [0.15, 0.2) is 24.3 Å². The number of aliphatic hydroxyl groups excluding tert-OH is 1. The lowest BCUT2D eigenvalue weighted by Gasteiger charge is -2.41. The van der Waals surface area contributed by atoms with Gasteiger partial charge in [0.05, 0.1) is 11.5 Å². The molecule has 16 heavy (non-hydrogen) atoms. The highest BCUT2D eigenvalue weighted by Crippen LogP contribution is 2.50. The number of halogens is 1. The molecule has 2 N–H and O–H groups in total. The molecule has 3 nitrogen and oxygen atoms in total. The summed E-state index contributed by atoms with van der Waals surface area (Å²) in [5.74, 6) is -1.37. The molecule has 1 saturated carbocycles. The molecule has 2 rings (SSSR count). The van der Waals surface area contributed by atoms with Gasteiger partial charge in [-0.1, -0.05) is 18.6 Å². The second kappa shape index (κ2) is 3.87. The van der Waals surface area contributed by atoms with Crippen molar-refractivity contribution >= 4 is 5.97 Å². The fourth-order valence-corrected chi connectivity index (χ4v) is 2.13. The lowest BCUT2D eigenvalue weighted by atomic mass is 9.63. The lowest BCUT2D eigenvalue weighted by molar-refractivity contribution is -0.166. The van der Waals surface area contributed by atoms with Gasteiger partial charge in [0.2, 0.25) is 0 Å². The molecular weight excluding hydrogens is 211 g/mol. The molecule has 0 heterocycles. The Morgan fingerprint density at radius 2 is 1.88 bits per heavy atom. The van der Waals surface area contributed by atoms with Gasteiger partial charge in [-0.05, 0) is 30.5 Å². The van der Waals surface area contributed by atoms with Gasteiger partial charge < -0.3 is 10.2 Å². The zero-order chi connectivity index (χ0) is 11.8. The molecule has 1 unspecified atom stereocenters. The van der Waals surface area contributed by atoms with Crippen LogP contribution in [-0.4, -0.2) is 16.2 Å². The Balaban J connectivity index is 2.27. The smallest absolute Gasteiger partial charge is 0.312 e. The zero-order valence-corrected chi connectivity index (χ0v) is 8.69. The first kappa shape index (κ1) is 11.1. The number of carboxylic acids is 1. The Morgan fingerprint density at radius 1 is 1.31 bits per heavy atom. The molecule has 0 aromatic heterocycles. The van der Waals surface area contributed by atoms with Crippen LogP contribution < -0.4 is 0 Å². The molecule has 0 aliphatic heterocycles. The van der Waals surface area contributed by atoms with Crippen molar-refractivity contribution in [1.29, 1.82) is 0 Å². The first-order chi connectivity index (χ1) is 7.56. The minimum absolute atomic E-state index is 0.395. The number of carboxylic acid groups (broad SMARTS) is 1. The second-order valence-corrected chi connectivity index (χ2v) is 4.27. The van der Waals surface area contributed by atoms with E-state index in [1.807, 2.05) is 0 Å². The summed E-state index contributed by atoms with van der Waals surface area (Å²) in [6, 6.07) is 5.32. The third-order valence-electron chi connectivity index (χ3n) is 3.38. The van der Waals surface area contributed by atoms with E-state index in [0.29, 0.717) is 18.4 Å². The number of hydrogen-bond donors (Lipinski definition) is 2. The third kappa shape index (κ3) is 1.59. The molecule has 0 amide bonds. The highest BCUT2D eigenvalue weighted by Gasteiger charge is 2.50. The van der Waals surface area contributed by atoms with Crippen LogP contribution in [0.4, 0.5) is 4.39 Å². The van der Waals surface area contributed by atoms with Crippen LogP contribution in [0.2, 0.25) is 0 Å². The summed E-state index contributed by atoms with van der Waals surface area (Å²) in [6.07, 6.45) is 0.700. The van der Waals surface area contributed by atoms with Crippen LogP contribution in [0, 0.1) is 11.2 Å². The van der Waals surface area contributed by atoms with Gasteiger partial charge in [-0.3, -0.25) is 4.79 Å². The van der Waals surface area contributed by atoms with E-state index in [0.717, 1.165) is 6.42 Å². The molecular formula is C12H13FO3. The summed E-state index contributed by atoms with van der Waals surface area (Å²) < 4.78 is 12.7. The number of carbonyl (C=O) groups is 1. The van der Waals surface area contributed by atoms with Crippen LogP contribution in [0.3, 0.4) is 0 Å². The topological polar surface area (TPSA) is 57.5 Å². The Bertz CT molecular complexity index is 395. The number of rotatable bonds is 3. The number of aliphatic hydroxyl groups is 1. The minimum atomic E-state index is -1.07. The molecule has 0 spiro atoms. The average Bonchev–Trinajstić information content (AvgIpc) is 2.16. The molecule has 1 aromatic rings. The number of hydrogen-bond acceptors (Lipinski definition) is 2. The standard InChI is InChI=1S/C12H13FO3/c13-9-4-2-8(3-5-9)10(14)12(11(15)16)6-1-7-12/h2-5,10,14H,1,6-7H2,(H,15,16). The van der Waals surface area contributed by atoms with Crippen molar-refractivity contribution in [1.82, 2.24) is 0 Å². The van der Waals surface area contributed by atoms with E-state index < -0.39 is 23.3 Å². The summed E-state index contributed by atoms with van der Waals surface area (Å²) in [6.45, 7) is 0. The van der Waals surface area contributed by atoms with E-state index in [-0.39, 0.29) is 0 Å². The SMILES string of the molecule is O=C(O)C1(C(O)c2ccc(F)cc2)CCC1. The van der Waals surface area contributed by atoms with Crippen molar-refractivity contribution in [3.8, 4) is 0 Å². The van der Waals surface area contributed by atoms with Crippen LogP contribution in [0.1, 0.15) is 30.9 Å². The maximum absolute atomic E-state index is 12.7. The van der Waals surface area contributed by atoms with Gasteiger partial charge in [0.1, 0.15) is 5.82 Å². The Morgan fingerprint density at radius 3 is 2.25 bits per heavy atom. The lowest BCUT2D eigenvalue weighted by Crippen LogP contribution is -2.43. The summed E-state index contributed by atoms with van der Waals surface area (Å²) in [7, 11) is 0. The summed E-state index contributed by atoms with van der Waals surface area (Å²) >= 11 is 0. The van der Waals surface area contributed by atoms with Gasteiger partial charge in [-0.2, -0.15) is 0 Å². The maximum atomic E-state index is 12.7. The third-order valence-corrected chi connectivity index (χ3v) is 3.38. The highest BCUT2D eigenvalue weighted by molar-refractivity contribution is 5.76. The quantitative estimate of drug-likeness (QED) is 0.826. The van der Waals surface area contributed by atoms with Gasteiger partial charge in [0.25, 0.3) is 0 Å². The molecule has 1 aliphatic carbocycles. The van der Waals surface area contributed by atoms with Crippen LogP contribution in [-0.2, 0) is 4.79 Å². The Kier molecular flexibility index (Phi) is 2.68. The number of benzene rings is 1. The maximum Gasteiger partial charge on any atom is 0.312 e. The molecule has 1 fully saturated rings. The van der Waals surface area contributed by atoms with E-state index >= 15 is 0 Å². The van der Waals surface area contributed by atoms with Gasteiger partial charge in [0, 0.05) is 0 Å². The van der Waals surface area contributed by atoms with Crippen molar-refractivity contribution in [2.24, 2.45) is 5.41 Å². The molecule has 1 aliphatic rings. The number of aliphatic carboxylic acids is 1. The van der Waals surface area contributed by atoms with Gasteiger partial charge >= 0.3 is 5.97 Å². The zero-order valence-electron chi connectivity index (χ0n) is 8.69. The summed E-state index contributed by atoms with van der Waals surface area (Å²) in [5.41, 5.74) is -0.610. The van der Waals surface area contributed by atoms with E-state index in [4.69, 9.17) is 5.11 Å². The second-order valence-electron chi connectivity index (χ2n) is 4.27. The summed E-state index contributed by atoms with van der Waals surface area (Å²) in [5, 5.41) is 19.2. The fraction of sp³-hybridized carbons (Fsp3) is 0.417. The Hall–Kier alpha value is -1.42.